The Morgan fingerprint density at radius 2 is 1.47 bits per heavy atom. The zero-order valence-electron chi connectivity index (χ0n) is 25.0. The van der Waals surface area contributed by atoms with Gasteiger partial charge in [-0.15, -0.1) is 11.3 Å². The second-order valence-electron chi connectivity index (χ2n) is 11.7. The van der Waals surface area contributed by atoms with Crippen molar-refractivity contribution in [1.82, 2.24) is 19.1 Å². The predicted octanol–water partition coefficient (Wildman–Crippen LogP) is 10.1. The lowest BCUT2D eigenvalue weighted by Crippen LogP contribution is -1.95. The van der Waals surface area contributed by atoms with Crippen molar-refractivity contribution in [2.45, 2.75) is 13.8 Å². The van der Waals surface area contributed by atoms with E-state index in [9.17, 15) is 5.11 Å². The molecule has 0 aliphatic carbocycles. The average molecular weight is 601 g/mol. The summed E-state index contributed by atoms with van der Waals surface area (Å²) in [5, 5.41) is 17.3. The Hall–Kier alpha value is -5.46. The molecular weight excluding hydrogens is 573 g/mol. The van der Waals surface area contributed by atoms with Gasteiger partial charge in [-0.25, -0.2) is 4.98 Å². The highest BCUT2D eigenvalue weighted by atomic mass is 32.1. The number of pyridine rings is 1. The van der Waals surface area contributed by atoms with Crippen LogP contribution in [-0.4, -0.2) is 24.2 Å². The lowest BCUT2D eigenvalue weighted by Gasteiger charge is -2.11. The number of aryl methyl sites for hydroxylation is 3. The quantitative estimate of drug-likeness (QED) is 0.220. The Morgan fingerprint density at radius 1 is 0.733 bits per heavy atom. The Labute approximate surface area is 263 Å². The average Bonchev–Trinajstić information content (AvgIpc) is 3.70. The van der Waals surface area contributed by atoms with Gasteiger partial charge in [0.25, 0.3) is 0 Å². The Balaban J connectivity index is 1.28. The molecule has 4 heterocycles. The number of rotatable bonds is 3. The minimum atomic E-state index is 0.279. The molecule has 1 N–H and O–H groups in total. The second-order valence-corrected chi connectivity index (χ2v) is 12.9. The van der Waals surface area contributed by atoms with Crippen LogP contribution in [0.1, 0.15) is 10.4 Å². The van der Waals surface area contributed by atoms with E-state index in [0.717, 1.165) is 65.7 Å². The first kappa shape index (κ1) is 26.0. The van der Waals surface area contributed by atoms with Crippen LogP contribution in [0.4, 0.5) is 0 Å². The summed E-state index contributed by atoms with van der Waals surface area (Å²) in [6, 6.07) is 33.7. The number of phenolic OH excluding ortho intramolecular Hbond substituents is 1. The van der Waals surface area contributed by atoms with Gasteiger partial charge in [0.05, 0.1) is 38.5 Å². The molecule has 0 aliphatic rings. The Bertz CT molecular complexity index is 2600. The predicted molar refractivity (Wildman–Crippen MR) is 188 cm³/mol. The van der Waals surface area contributed by atoms with Gasteiger partial charge in [0.2, 0.25) is 0 Å². The number of hydrogen-bond donors (Lipinski definition) is 1. The van der Waals surface area contributed by atoms with Crippen LogP contribution in [0, 0.1) is 13.8 Å². The van der Waals surface area contributed by atoms with E-state index < -0.39 is 0 Å². The number of thiophene rings is 1. The van der Waals surface area contributed by atoms with Crippen molar-refractivity contribution in [3.05, 3.63) is 120 Å². The van der Waals surface area contributed by atoms with Crippen molar-refractivity contribution < 1.29 is 5.11 Å². The molecule has 0 saturated carbocycles. The van der Waals surface area contributed by atoms with Gasteiger partial charge in [0.1, 0.15) is 11.6 Å². The van der Waals surface area contributed by atoms with E-state index in [1.54, 1.807) is 11.3 Å². The SMILES string of the molecule is Cc1sc2c(-c3nc4c(-c5cccc(-n6c7ccccc7c7ccncc76)c5)cccc4n3C)c(O)c3ccccc3c2c1C. The topological polar surface area (TPSA) is 55.9 Å². The van der Waals surface area contributed by atoms with Gasteiger partial charge < -0.3 is 14.2 Å². The molecule has 45 heavy (non-hydrogen) atoms. The van der Waals surface area contributed by atoms with Crippen molar-refractivity contribution in [3.63, 3.8) is 0 Å². The van der Waals surface area contributed by atoms with E-state index in [1.165, 1.54) is 26.6 Å². The van der Waals surface area contributed by atoms with Crippen LogP contribution >= 0.6 is 11.3 Å². The zero-order chi connectivity index (χ0) is 30.4. The summed E-state index contributed by atoms with van der Waals surface area (Å²) in [6.07, 6.45) is 3.80. The molecular formula is C39H28N4OS. The third-order valence-electron chi connectivity index (χ3n) is 9.33. The van der Waals surface area contributed by atoms with Crippen LogP contribution in [0.25, 0.3) is 81.9 Å². The zero-order valence-corrected chi connectivity index (χ0v) is 25.9. The van der Waals surface area contributed by atoms with Crippen molar-refractivity contribution in [3.8, 4) is 34.0 Å². The van der Waals surface area contributed by atoms with Crippen LogP contribution in [0.5, 0.6) is 5.75 Å². The van der Waals surface area contributed by atoms with E-state index in [2.05, 4.69) is 107 Å². The summed E-state index contributed by atoms with van der Waals surface area (Å²) >= 11 is 1.73. The van der Waals surface area contributed by atoms with E-state index in [-0.39, 0.29) is 5.75 Å². The summed E-state index contributed by atoms with van der Waals surface area (Å²) in [7, 11) is 2.05. The monoisotopic (exact) mass is 600 g/mol. The third-order valence-corrected chi connectivity index (χ3v) is 10.6. The highest BCUT2D eigenvalue weighted by Gasteiger charge is 2.24. The molecule has 0 aliphatic heterocycles. The summed E-state index contributed by atoms with van der Waals surface area (Å²) < 4.78 is 5.48. The van der Waals surface area contributed by atoms with Gasteiger partial charge >= 0.3 is 0 Å². The fourth-order valence-electron chi connectivity index (χ4n) is 7.06. The van der Waals surface area contributed by atoms with E-state index >= 15 is 0 Å². The van der Waals surface area contributed by atoms with Crippen molar-refractivity contribution in [2.75, 3.05) is 0 Å². The van der Waals surface area contributed by atoms with E-state index in [1.807, 2.05) is 37.6 Å². The van der Waals surface area contributed by atoms with Crippen molar-refractivity contribution in [1.29, 1.82) is 0 Å². The number of fused-ring (bicyclic) bond motifs is 7. The first-order valence-corrected chi connectivity index (χ1v) is 15.9. The number of aromatic hydroxyl groups is 1. The van der Waals surface area contributed by atoms with Crippen LogP contribution in [0.15, 0.2) is 109 Å². The molecule has 216 valence electrons. The second kappa shape index (κ2) is 9.52. The number of aromatic nitrogens is 4. The number of hydrogen-bond acceptors (Lipinski definition) is 4. The lowest BCUT2D eigenvalue weighted by atomic mass is 9.98. The van der Waals surface area contributed by atoms with Crippen LogP contribution in [-0.2, 0) is 7.05 Å². The molecule has 9 rings (SSSR count). The maximum absolute atomic E-state index is 11.8. The Kier molecular flexibility index (Phi) is 5.50. The number of benzene rings is 5. The normalized spacial score (nSPS) is 12.0. The summed E-state index contributed by atoms with van der Waals surface area (Å²) in [5.41, 5.74) is 9.38. The summed E-state index contributed by atoms with van der Waals surface area (Å²) in [6.45, 7) is 4.33. The number of para-hydroxylation sites is 2. The van der Waals surface area contributed by atoms with Gasteiger partial charge in [-0.3, -0.25) is 4.98 Å². The lowest BCUT2D eigenvalue weighted by molar-refractivity contribution is 0.483. The van der Waals surface area contributed by atoms with Gasteiger partial charge in [-0.1, -0.05) is 66.7 Å². The largest absolute Gasteiger partial charge is 0.506 e. The van der Waals surface area contributed by atoms with Crippen LogP contribution < -0.4 is 0 Å². The molecule has 6 heteroatoms. The smallest absolute Gasteiger partial charge is 0.146 e. The maximum atomic E-state index is 11.8. The highest BCUT2D eigenvalue weighted by molar-refractivity contribution is 7.20. The maximum Gasteiger partial charge on any atom is 0.146 e. The van der Waals surface area contributed by atoms with Gasteiger partial charge in [-0.05, 0) is 60.7 Å². The van der Waals surface area contributed by atoms with Gasteiger partial charge in [-0.2, -0.15) is 0 Å². The van der Waals surface area contributed by atoms with Crippen molar-refractivity contribution in [2.24, 2.45) is 7.05 Å². The molecule has 0 fully saturated rings. The molecule has 0 spiro atoms. The van der Waals surface area contributed by atoms with E-state index in [4.69, 9.17) is 4.98 Å². The fourth-order valence-corrected chi connectivity index (χ4v) is 8.28. The first-order valence-electron chi connectivity index (χ1n) is 15.0. The molecule has 0 bridgehead atoms. The molecule has 5 nitrogen and oxygen atoms in total. The number of nitrogens with zero attached hydrogens (tertiary/aromatic N) is 4. The molecule has 4 aromatic heterocycles. The Morgan fingerprint density at radius 3 is 2.33 bits per heavy atom. The molecule has 0 saturated heterocycles. The minimum absolute atomic E-state index is 0.279. The number of phenols is 1. The molecule has 0 amide bonds. The molecule has 9 aromatic rings. The minimum Gasteiger partial charge on any atom is -0.506 e. The summed E-state index contributed by atoms with van der Waals surface area (Å²) in [4.78, 5) is 11.0. The standard InChI is InChI=1S/C39H28N4OS/c1-22-23(2)45-38-34(22)29-13-4-5-14-30(29)37(44)35(38)39-41-36-26(15-9-17-32(36)42(39)3)24-10-8-11-25(20-24)43-31-16-7-6-12-27(31)28-18-19-40-21-33(28)43/h4-21,44H,1-3H3. The van der Waals surface area contributed by atoms with Crippen LogP contribution in [0.2, 0.25) is 0 Å². The molecule has 5 aromatic carbocycles. The first-order chi connectivity index (χ1) is 22.0. The van der Waals surface area contributed by atoms with Crippen molar-refractivity contribution >= 4 is 65.0 Å². The third kappa shape index (κ3) is 3.60. The van der Waals surface area contributed by atoms with Gasteiger partial charge in [0.15, 0.2) is 0 Å². The molecule has 0 radical (unpaired) electrons. The molecule has 0 atom stereocenters. The highest BCUT2D eigenvalue weighted by Crippen LogP contribution is 2.48. The van der Waals surface area contributed by atoms with E-state index in [0.29, 0.717) is 0 Å². The fraction of sp³-hybridized carbons (Fsp3) is 0.0769. The summed E-state index contributed by atoms with van der Waals surface area (Å²) in [5.74, 6) is 1.04. The van der Waals surface area contributed by atoms with Gasteiger partial charge in [0, 0.05) is 50.9 Å². The molecule has 0 unspecified atom stereocenters. The van der Waals surface area contributed by atoms with Crippen LogP contribution in [0.3, 0.4) is 0 Å². The number of imidazole rings is 1.